The lowest BCUT2D eigenvalue weighted by Gasteiger charge is -2.25. The highest BCUT2D eigenvalue weighted by molar-refractivity contribution is 7.89. The maximum atomic E-state index is 13.4. The zero-order chi connectivity index (χ0) is 15.7. The predicted molar refractivity (Wildman–Crippen MR) is 74.9 cm³/mol. The van der Waals surface area contributed by atoms with Gasteiger partial charge in [-0.15, -0.1) is 0 Å². The quantitative estimate of drug-likeness (QED) is 0.865. The minimum Gasteiger partial charge on any atom is -0.465 e. The van der Waals surface area contributed by atoms with Gasteiger partial charge in [0.25, 0.3) is 0 Å². The zero-order valence-corrected chi connectivity index (χ0v) is 12.8. The Bertz CT molecular complexity index is 651. The van der Waals surface area contributed by atoms with E-state index >= 15 is 0 Å². The van der Waals surface area contributed by atoms with Crippen LogP contribution in [0, 0.1) is 5.82 Å². The Morgan fingerprint density at radius 2 is 1.95 bits per heavy atom. The molecule has 0 saturated heterocycles. The normalized spacial score (nSPS) is 17.7. The van der Waals surface area contributed by atoms with E-state index in [4.69, 9.17) is 0 Å². The number of sulfonamides is 1. The van der Waals surface area contributed by atoms with Crippen LogP contribution >= 0.6 is 0 Å². The minimum atomic E-state index is -4.00. The highest BCUT2D eigenvalue weighted by Gasteiger charge is 2.35. The lowest BCUT2D eigenvalue weighted by atomic mass is 10.0. The standard InChI is InChI=1S/C14H18FNO4S/c1-14(7-3-4-8-14)16-21(18,19)12-9-10(15)5-6-11(12)13(17)20-2/h5-6,9,16H,3-4,7-8H2,1-2H3. The van der Waals surface area contributed by atoms with Crippen molar-refractivity contribution in [2.75, 3.05) is 7.11 Å². The summed E-state index contributed by atoms with van der Waals surface area (Å²) in [4.78, 5) is 11.3. The number of halogens is 1. The van der Waals surface area contributed by atoms with E-state index in [0.29, 0.717) is 0 Å². The molecule has 0 bridgehead atoms. The number of benzene rings is 1. The summed E-state index contributed by atoms with van der Waals surface area (Å²) in [6.45, 7) is 1.81. The van der Waals surface area contributed by atoms with E-state index in [1.165, 1.54) is 0 Å². The summed E-state index contributed by atoms with van der Waals surface area (Å²) < 4.78 is 45.6. The number of ether oxygens (including phenoxy) is 1. The molecule has 1 aromatic rings. The summed E-state index contributed by atoms with van der Waals surface area (Å²) in [7, 11) is -2.85. The van der Waals surface area contributed by atoms with Crippen LogP contribution in [0.25, 0.3) is 0 Å². The van der Waals surface area contributed by atoms with Gasteiger partial charge in [0.1, 0.15) is 5.82 Å². The third kappa shape index (κ3) is 3.41. The van der Waals surface area contributed by atoms with Gasteiger partial charge in [0.05, 0.1) is 17.6 Å². The minimum absolute atomic E-state index is 0.173. The summed E-state index contributed by atoms with van der Waals surface area (Å²) in [5.41, 5.74) is -0.730. The molecule has 0 heterocycles. The Hall–Kier alpha value is -1.47. The highest BCUT2D eigenvalue weighted by Crippen LogP contribution is 2.31. The molecule has 1 aliphatic rings. The number of hydrogen-bond acceptors (Lipinski definition) is 4. The van der Waals surface area contributed by atoms with Crippen LogP contribution in [-0.2, 0) is 14.8 Å². The smallest absolute Gasteiger partial charge is 0.339 e. The van der Waals surface area contributed by atoms with Gasteiger partial charge in [-0.25, -0.2) is 22.3 Å². The predicted octanol–water partition coefficient (Wildman–Crippen LogP) is 2.22. The van der Waals surface area contributed by atoms with Gasteiger partial charge in [-0.05, 0) is 38.0 Å². The van der Waals surface area contributed by atoms with Crippen molar-refractivity contribution < 1.29 is 22.3 Å². The molecule has 0 aromatic heterocycles. The molecule has 1 saturated carbocycles. The highest BCUT2D eigenvalue weighted by atomic mass is 32.2. The van der Waals surface area contributed by atoms with E-state index in [1.54, 1.807) is 0 Å². The number of carbonyl (C=O) groups is 1. The first kappa shape index (κ1) is 15.9. The molecule has 0 amide bonds. The van der Waals surface area contributed by atoms with Crippen LogP contribution in [0.4, 0.5) is 4.39 Å². The molecule has 2 rings (SSSR count). The largest absolute Gasteiger partial charge is 0.465 e. The number of rotatable bonds is 4. The SMILES string of the molecule is COC(=O)c1ccc(F)cc1S(=O)(=O)NC1(C)CCCC1. The summed E-state index contributed by atoms with van der Waals surface area (Å²) in [6.07, 6.45) is 3.31. The van der Waals surface area contributed by atoms with Crippen LogP contribution in [-0.4, -0.2) is 27.0 Å². The topological polar surface area (TPSA) is 72.5 Å². The van der Waals surface area contributed by atoms with Gasteiger partial charge in [0.2, 0.25) is 10.0 Å². The number of esters is 1. The Balaban J connectivity index is 2.43. The molecule has 7 heteroatoms. The van der Waals surface area contributed by atoms with Gasteiger partial charge in [-0.3, -0.25) is 0 Å². The van der Waals surface area contributed by atoms with Crippen LogP contribution < -0.4 is 4.72 Å². The summed E-state index contributed by atoms with van der Waals surface area (Å²) in [5, 5.41) is 0. The molecule has 21 heavy (non-hydrogen) atoms. The second kappa shape index (κ2) is 5.73. The van der Waals surface area contributed by atoms with Crippen LogP contribution in [0.1, 0.15) is 43.0 Å². The van der Waals surface area contributed by atoms with Gasteiger partial charge in [0, 0.05) is 5.54 Å². The van der Waals surface area contributed by atoms with E-state index in [0.717, 1.165) is 51.0 Å². The third-order valence-electron chi connectivity index (χ3n) is 3.73. The second-order valence-electron chi connectivity index (χ2n) is 5.51. The molecule has 0 aliphatic heterocycles. The molecule has 0 atom stereocenters. The van der Waals surface area contributed by atoms with Crippen LogP contribution in [0.5, 0.6) is 0 Å². The van der Waals surface area contributed by atoms with Gasteiger partial charge in [-0.1, -0.05) is 12.8 Å². The maximum Gasteiger partial charge on any atom is 0.339 e. The van der Waals surface area contributed by atoms with Crippen molar-refractivity contribution in [1.29, 1.82) is 0 Å². The Kier molecular flexibility index (Phi) is 4.34. The Morgan fingerprint density at radius 1 is 1.33 bits per heavy atom. The molecule has 0 spiro atoms. The van der Waals surface area contributed by atoms with E-state index in [2.05, 4.69) is 9.46 Å². The van der Waals surface area contributed by atoms with Crippen LogP contribution in [0.15, 0.2) is 23.1 Å². The summed E-state index contributed by atoms with van der Waals surface area (Å²) in [6, 6.07) is 2.99. The van der Waals surface area contributed by atoms with Crippen LogP contribution in [0.3, 0.4) is 0 Å². The zero-order valence-electron chi connectivity index (χ0n) is 12.0. The van der Waals surface area contributed by atoms with Gasteiger partial charge < -0.3 is 4.74 Å². The molecule has 1 aromatic carbocycles. The third-order valence-corrected chi connectivity index (χ3v) is 5.40. The Morgan fingerprint density at radius 3 is 2.52 bits per heavy atom. The van der Waals surface area contributed by atoms with Gasteiger partial charge in [-0.2, -0.15) is 0 Å². The summed E-state index contributed by atoms with van der Waals surface area (Å²) in [5.74, 6) is -1.54. The lowest BCUT2D eigenvalue weighted by Crippen LogP contribution is -2.43. The summed E-state index contributed by atoms with van der Waals surface area (Å²) >= 11 is 0. The van der Waals surface area contributed by atoms with E-state index in [1.807, 2.05) is 6.92 Å². The number of methoxy groups -OCH3 is 1. The molecule has 0 unspecified atom stereocenters. The maximum absolute atomic E-state index is 13.4. The van der Waals surface area contributed by atoms with Crippen molar-refractivity contribution in [1.82, 2.24) is 4.72 Å². The van der Waals surface area contributed by atoms with Crippen molar-refractivity contribution in [3.8, 4) is 0 Å². The fourth-order valence-corrected chi connectivity index (χ4v) is 4.31. The molecular weight excluding hydrogens is 297 g/mol. The molecule has 5 nitrogen and oxygen atoms in total. The molecule has 1 N–H and O–H groups in total. The Labute approximate surface area is 123 Å². The lowest BCUT2D eigenvalue weighted by molar-refractivity contribution is 0.0596. The fraction of sp³-hybridized carbons (Fsp3) is 0.500. The molecule has 116 valence electrons. The average Bonchev–Trinajstić information content (AvgIpc) is 2.83. The van der Waals surface area contributed by atoms with Gasteiger partial charge in [0.15, 0.2) is 0 Å². The van der Waals surface area contributed by atoms with Crippen molar-refractivity contribution in [3.63, 3.8) is 0 Å². The van der Waals surface area contributed by atoms with Crippen LogP contribution in [0.2, 0.25) is 0 Å². The molecule has 0 radical (unpaired) electrons. The molecular formula is C14H18FNO4S. The van der Waals surface area contributed by atoms with E-state index in [9.17, 15) is 17.6 Å². The molecule has 1 aliphatic carbocycles. The first-order chi connectivity index (χ1) is 9.77. The fourth-order valence-electron chi connectivity index (χ4n) is 2.63. The van der Waals surface area contributed by atoms with Gasteiger partial charge >= 0.3 is 5.97 Å². The first-order valence-corrected chi connectivity index (χ1v) is 8.18. The molecule has 1 fully saturated rings. The van der Waals surface area contributed by atoms with E-state index < -0.39 is 27.3 Å². The number of nitrogens with one attached hydrogen (secondary N) is 1. The number of hydrogen-bond donors (Lipinski definition) is 1. The van der Waals surface area contributed by atoms with Crippen molar-refractivity contribution in [3.05, 3.63) is 29.6 Å². The van der Waals surface area contributed by atoms with Crippen molar-refractivity contribution in [2.24, 2.45) is 0 Å². The monoisotopic (exact) mass is 315 g/mol. The van der Waals surface area contributed by atoms with Crippen molar-refractivity contribution in [2.45, 2.75) is 43.0 Å². The van der Waals surface area contributed by atoms with E-state index in [-0.39, 0.29) is 10.5 Å². The van der Waals surface area contributed by atoms with Crippen molar-refractivity contribution >= 4 is 16.0 Å². The second-order valence-corrected chi connectivity index (χ2v) is 7.16. The number of carbonyl (C=O) groups excluding carboxylic acids is 1. The first-order valence-electron chi connectivity index (χ1n) is 6.69. The average molecular weight is 315 g/mol.